The van der Waals surface area contributed by atoms with Gasteiger partial charge >= 0.3 is 0 Å². The minimum absolute atomic E-state index is 0.321. The molecule has 2 N–H and O–H groups in total. The highest BCUT2D eigenvalue weighted by Crippen LogP contribution is 2.31. The van der Waals surface area contributed by atoms with E-state index in [9.17, 15) is 0 Å². The van der Waals surface area contributed by atoms with Crippen LogP contribution in [0.4, 0.5) is 5.82 Å². The van der Waals surface area contributed by atoms with Crippen LogP contribution in [0.25, 0.3) is 11.0 Å². The number of nitrogens with zero attached hydrogens (tertiary/aromatic N) is 2. The lowest BCUT2D eigenvalue weighted by Gasteiger charge is -2.29. The molecule has 4 heteroatoms. The molecule has 1 aliphatic carbocycles. The van der Waals surface area contributed by atoms with Crippen molar-refractivity contribution < 1.29 is 0 Å². The lowest BCUT2D eigenvalue weighted by Crippen LogP contribution is -2.25. The van der Waals surface area contributed by atoms with Crippen LogP contribution in [-0.2, 0) is 6.42 Å². The number of nitrogens with one attached hydrogen (secondary N) is 2. The van der Waals surface area contributed by atoms with Crippen molar-refractivity contribution in [2.75, 3.05) is 5.32 Å². The maximum absolute atomic E-state index is 4.44. The zero-order chi connectivity index (χ0) is 14.2. The number of hydrogen-bond acceptors (Lipinski definition) is 3. The van der Waals surface area contributed by atoms with Gasteiger partial charge in [0.2, 0.25) is 0 Å². The largest absolute Gasteiger partial charge is 0.363 e. The summed E-state index contributed by atoms with van der Waals surface area (Å²) < 4.78 is 0. The Labute approximate surface area is 119 Å². The van der Waals surface area contributed by atoms with Crippen LogP contribution in [0.3, 0.4) is 0 Å². The Morgan fingerprint density at radius 2 is 2.25 bits per heavy atom. The Morgan fingerprint density at radius 3 is 2.95 bits per heavy atom. The fourth-order valence-corrected chi connectivity index (χ4v) is 2.79. The zero-order valence-corrected chi connectivity index (χ0v) is 12.4. The van der Waals surface area contributed by atoms with Gasteiger partial charge in [-0.2, -0.15) is 0 Å². The smallest absolute Gasteiger partial charge is 0.143 e. The van der Waals surface area contributed by atoms with Gasteiger partial charge in [-0.15, -0.1) is 0 Å². The monoisotopic (exact) mass is 270 g/mol. The minimum Gasteiger partial charge on any atom is -0.363 e. The minimum atomic E-state index is 0.321. The first-order valence-corrected chi connectivity index (χ1v) is 7.36. The molecule has 106 valence electrons. The molecule has 0 aromatic carbocycles. The highest BCUT2D eigenvalue weighted by molar-refractivity contribution is 5.90. The van der Waals surface area contributed by atoms with Gasteiger partial charge in [0.1, 0.15) is 17.8 Å². The molecule has 0 radical (unpaired) electrons. The quantitative estimate of drug-likeness (QED) is 0.837. The second-order valence-electron chi connectivity index (χ2n) is 6.25. The van der Waals surface area contributed by atoms with Crippen molar-refractivity contribution in [3.8, 4) is 0 Å². The number of H-pyrrole nitrogens is 1. The number of hydrogen-bond donors (Lipinski definition) is 2. The number of anilines is 1. The number of allylic oxidation sites excluding steroid dienone is 1. The van der Waals surface area contributed by atoms with E-state index >= 15 is 0 Å². The SMILES string of the molecule is CCc1c[nH]c2ncnc(NC3C=CC(C)(C)CC3)c12. The molecule has 1 aliphatic rings. The summed E-state index contributed by atoms with van der Waals surface area (Å²) in [5, 5.41) is 4.70. The number of rotatable bonds is 3. The molecule has 2 heterocycles. The Morgan fingerprint density at radius 1 is 1.40 bits per heavy atom. The van der Waals surface area contributed by atoms with Gasteiger partial charge in [-0.3, -0.25) is 0 Å². The van der Waals surface area contributed by atoms with Gasteiger partial charge in [-0.25, -0.2) is 9.97 Å². The maximum atomic E-state index is 4.44. The predicted molar refractivity (Wildman–Crippen MR) is 82.8 cm³/mol. The summed E-state index contributed by atoms with van der Waals surface area (Å²) in [4.78, 5) is 12.0. The first kappa shape index (κ1) is 13.2. The van der Waals surface area contributed by atoms with Gasteiger partial charge in [-0.05, 0) is 30.2 Å². The van der Waals surface area contributed by atoms with Gasteiger partial charge in [0.15, 0.2) is 0 Å². The molecule has 4 nitrogen and oxygen atoms in total. The first-order valence-electron chi connectivity index (χ1n) is 7.36. The van der Waals surface area contributed by atoms with Crippen LogP contribution in [0.1, 0.15) is 39.2 Å². The fraction of sp³-hybridized carbons (Fsp3) is 0.500. The van der Waals surface area contributed by atoms with Crippen LogP contribution < -0.4 is 5.32 Å². The Kier molecular flexibility index (Phi) is 3.24. The van der Waals surface area contributed by atoms with Crippen molar-refractivity contribution in [1.82, 2.24) is 15.0 Å². The Balaban J connectivity index is 1.90. The van der Waals surface area contributed by atoms with Crippen LogP contribution in [0.15, 0.2) is 24.7 Å². The van der Waals surface area contributed by atoms with E-state index in [2.05, 4.69) is 53.2 Å². The summed E-state index contributed by atoms with van der Waals surface area (Å²) in [6.45, 7) is 6.72. The molecule has 2 aromatic heterocycles. The van der Waals surface area contributed by atoms with Crippen LogP contribution in [0.2, 0.25) is 0 Å². The van der Waals surface area contributed by atoms with E-state index in [0.29, 0.717) is 11.5 Å². The van der Waals surface area contributed by atoms with Gasteiger partial charge < -0.3 is 10.3 Å². The number of aromatic nitrogens is 3. The summed E-state index contributed by atoms with van der Waals surface area (Å²) in [5.74, 6) is 0.947. The summed E-state index contributed by atoms with van der Waals surface area (Å²) in [6.07, 6.45) is 11.6. The van der Waals surface area contributed by atoms with Crippen molar-refractivity contribution >= 4 is 16.9 Å². The van der Waals surface area contributed by atoms with E-state index in [0.717, 1.165) is 29.7 Å². The Bertz CT molecular complexity index is 639. The van der Waals surface area contributed by atoms with Gasteiger partial charge in [0, 0.05) is 12.2 Å². The van der Waals surface area contributed by atoms with Crippen molar-refractivity contribution in [3.05, 3.63) is 30.2 Å². The standard InChI is InChI=1S/C16H22N4/c1-4-11-9-17-14-13(11)15(19-10-18-14)20-12-5-7-16(2,3)8-6-12/h5,7,9-10,12H,4,6,8H2,1-3H3,(H2,17,18,19,20). The van der Waals surface area contributed by atoms with Gasteiger partial charge in [0.25, 0.3) is 0 Å². The lowest BCUT2D eigenvalue weighted by molar-refractivity contribution is 0.395. The zero-order valence-electron chi connectivity index (χ0n) is 12.4. The molecule has 1 unspecified atom stereocenters. The van der Waals surface area contributed by atoms with E-state index in [1.54, 1.807) is 6.33 Å². The Hall–Kier alpha value is -1.84. The molecule has 0 spiro atoms. The van der Waals surface area contributed by atoms with E-state index in [1.165, 1.54) is 12.0 Å². The second kappa shape index (κ2) is 4.93. The molecule has 0 aliphatic heterocycles. The molecular formula is C16H22N4. The van der Waals surface area contributed by atoms with Crippen molar-refractivity contribution in [2.45, 2.75) is 46.1 Å². The first-order chi connectivity index (χ1) is 9.59. The van der Waals surface area contributed by atoms with Crippen LogP contribution >= 0.6 is 0 Å². The van der Waals surface area contributed by atoms with E-state index in [-0.39, 0.29) is 0 Å². The third kappa shape index (κ3) is 2.42. The molecule has 0 bridgehead atoms. The molecule has 1 atom stereocenters. The van der Waals surface area contributed by atoms with Crippen LogP contribution in [0, 0.1) is 5.41 Å². The summed E-state index contributed by atoms with van der Waals surface area (Å²) in [5.41, 5.74) is 2.50. The second-order valence-corrected chi connectivity index (χ2v) is 6.25. The van der Waals surface area contributed by atoms with Crippen molar-refractivity contribution in [1.29, 1.82) is 0 Å². The average molecular weight is 270 g/mol. The van der Waals surface area contributed by atoms with E-state index in [1.807, 2.05) is 6.20 Å². The highest BCUT2D eigenvalue weighted by atomic mass is 15.1. The molecule has 0 saturated heterocycles. The number of fused-ring (bicyclic) bond motifs is 1. The normalized spacial score (nSPS) is 21.2. The van der Waals surface area contributed by atoms with Crippen molar-refractivity contribution in [3.63, 3.8) is 0 Å². The maximum Gasteiger partial charge on any atom is 0.143 e. The third-order valence-corrected chi connectivity index (χ3v) is 4.13. The molecule has 3 rings (SSSR count). The van der Waals surface area contributed by atoms with Gasteiger partial charge in [0.05, 0.1) is 5.39 Å². The third-order valence-electron chi connectivity index (χ3n) is 4.13. The average Bonchev–Trinajstić information content (AvgIpc) is 2.85. The highest BCUT2D eigenvalue weighted by Gasteiger charge is 2.22. The summed E-state index contributed by atoms with van der Waals surface area (Å²) in [7, 11) is 0. The lowest BCUT2D eigenvalue weighted by atomic mass is 9.81. The topological polar surface area (TPSA) is 53.6 Å². The van der Waals surface area contributed by atoms with Crippen LogP contribution in [0.5, 0.6) is 0 Å². The number of aromatic amines is 1. The molecule has 0 amide bonds. The van der Waals surface area contributed by atoms with E-state index < -0.39 is 0 Å². The van der Waals surface area contributed by atoms with Gasteiger partial charge in [-0.1, -0.05) is 32.9 Å². The summed E-state index contributed by atoms with van der Waals surface area (Å²) >= 11 is 0. The molecule has 0 saturated carbocycles. The molecule has 2 aromatic rings. The molecular weight excluding hydrogens is 248 g/mol. The number of aryl methyl sites for hydroxylation is 1. The van der Waals surface area contributed by atoms with E-state index in [4.69, 9.17) is 0 Å². The van der Waals surface area contributed by atoms with Crippen LogP contribution in [-0.4, -0.2) is 21.0 Å². The fourth-order valence-electron chi connectivity index (χ4n) is 2.79. The van der Waals surface area contributed by atoms with Crippen molar-refractivity contribution in [2.24, 2.45) is 5.41 Å². The summed E-state index contributed by atoms with van der Waals surface area (Å²) in [6, 6.07) is 0.362. The predicted octanol–water partition coefficient (Wildman–Crippen LogP) is 3.68. The molecule has 0 fully saturated rings. The molecule has 20 heavy (non-hydrogen) atoms.